The van der Waals surface area contributed by atoms with E-state index in [4.69, 9.17) is 5.73 Å². The predicted octanol–water partition coefficient (Wildman–Crippen LogP) is 3.88. The highest BCUT2D eigenvalue weighted by atomic mass is 32.2. The quantitative estimate of drug-likeness (QED) is 0.861. The van der Waals surface area contributed by atoms with Crippen LogP contribution in [0.15, 0.2) is 51.1 Å². The Kier molecular flexibility index (Phi) is 3.80. The fourth-order valence-electron chi connectivity index (χ4n) is 2.55. The second kappa shape index (κ2) is 5.43. The van der Waals surface area contributed by atoms with Crippen molar-refractivity contribution >= 4 is 29.3 Å². The highest BCUT2D eigenvalue weighted by Gasteiger charge is 2.42. The van der Waals surface area contributed by atoms with Crippen LogP contribution in [0, 0.1) is 5.41 Å². The third-order valence-corrected chi connectivity index (χ3v) is 6.17. The molecule has 4 heteroatoms. The van der Waals surface area contributed by atoms with Crippen LogP contribution < -0.4 is 5.73 Å². The first-order valence-corrected chi connectivity index (χ1v) is 8.52. The Morgan fingerprint density at radius 2 is 2.30 bits per heavy atom. The van der Waals surface area contributed by atoms with E-state index in [0.29, 0.717) is 6.54 Å². The van der Waals surface area contributed by atoms with Crippen molar-refractivity contribution in [2.24, 2.45) is 11.1 Å². The maximum absolute atomic E-state index is 12.9. The van der Waals surface area contributed by atoms with Crippen LogP contribution in [-0.4, -0.2) is 18.1 Å². The average Bonchev–Trinajstić information content (AvgIpc) is 2.47. The van der Waals surface area contributed by atoms with Gasteiger partial charge in [-0.05, 0) is 31.5 Å². The molecule has 1 atom stereocenters. The van der Waals surface area contributed by atoms with E-state index in [0.717, 1.165) is 27.5 Å². The molecule has 2 N–H and O–H groups in total. The maximum atomic E-state index is 12.9. The van der Waals surface area contributed by atoms with Crippen LogP contribution in [0.5, 0.6) is 0 Å². The van der Waals surface area contributed by atoms with Gasteiger partial charge >= 0.3 is 0 Å². The second-order valence-corrected chi connectivity index (χ2v) is 7.47. The van der Waals surface area contributed by atoms with Crippen LogP contribution in [-0.2, 0) is 0 Å². The molecule has 2 nitrogen and oxygen atoms in total. The summed E-state index contributed by atoms with van der Waals surface area (Å²) in [6.07, 6.45) is 7.00. The zero-order valence-corrected chi connectivity index (χ0v) is 13.0. The molecule has 3 rings (SSSR count). The number of ketones is 1. The minimum absolute atomic E-state index is 0.247. The molecule has 0 saturated heterocycles. The summed E-state index contributed by atoms with van der Waals surface area (Å²) in [5.74, 6) is 1.13. The fourth-order valence-corrected chi connectivity index (χ4v) is 4.45. The summed E-state index contributed by atoms with van der Waals surface area (Å²) in [7, 11) is 0. The Morgan fingerprint density at radius 3 is 3.10 bits per heavy atom. The summed E-state index contributed by atoms with van der Waals surface area (Å²) in [6.45, 7) is 2.71. The van der Waals surface area contributed by atoms with Crippen molar-refractivity contribution in [1.82, 2.24) is 0 Å². The summed E-state index contributed by atoms with van der Waals surface area (Å²) < 4.78 is 0. The maximum Gasteiger partial charge on any atom is 0.175 e. The molecule has 1 aliphatic carbocycles. The molecule has 0 aromatic heterocycles. The normalized spacial score (nSPS) is 24.1. The molecule has 0 bridgehead atoms. The smallest absolute Gasteiger partial charge is 0.175 e. The number of thioether (sulfide) groups is 2. The molecule has 1 heterocycles. The van der Waals surface area contributed by atoms with Crippen LogP contribution in [0.25, 0.3) is 0 Å². The van der Waals surface area contributed by atoms with Crippen molar-refractivity contribution in [2.75, 3.05) is 12.3 Å². The SMILES string of the molecule is CC12CC=CC=C1Sc1ccc(SCCN)cc1C2=O. The van der Waals surface area contributed by atoms with Gasteiger partial charge in [0.15, 0.2) is 5.78 Å². The van der Waals surface area contributed by atoms with Gasteiger partial charge in [-0.25, -0.2) is 0 Å². The largest absolute Gasteiger partial charge is 0.330 e. The highest BCUT2D eigenvalue weighted by molar-refractivity contribution is 8.03. The Labute approximate surface area is 127 Å². The zero-order chi connectivity index (χ0) is 14.2. The van der Waals surface area contributed by atoms with E-state index in [2.05, 4.69) is 31.2 Å². The molecule has 2 aliphatic rings. The van der Waals surface area contributed by atoms with Gasteiger partial charge in [0, 0.05) is 32.6 Å². The van der Waals surface area contributed by atoms with Crippen molar-refractivity contribution in [1.29, 1.82) is 0 Å². The lowest BCUT2D eigenvalue weighted by molar-refractivity contribution is 0.0860. The first-order valence-electron chi connectivity index (χ1n) is 6.72. The summed E-state index contributed by atoms with van der Waals surface area (Å²) >= 11 is 3.44. The number of Topliss-reactive ketones (excluding diaryl/α,β-unsaturated/α-hetero) is 1. The van der Waals surface area contributed by atoms with E-state index in [-0.39, 0.29) is 11.2 Å². The molecule has 0 saturated carbocycles. The summed E-state index contributed by atoms with van der Waals surface area (Å²) in [5, 5.41) is 0. The van der Waals surface area contributed by atoms with Crippen molar-refractivity contribution in [2.45, 2.75) is 23.1 Å². The molecule has 0 amide bonds. The van der Waals surface area contributed by atoms with Crippen molar-refractivity contribution < 1.29 is 4.79 Å². The Bertz CT molecular complexity index is 621. The molecular formula is C16H17NOS2. The molecule has 0 radical (unpaired) electrons. The molecule has 1 unspecified atom stereocenters. The van der Waals surface area contributed by atoms with E-state index in [1.807, 2.05) is 12.1 Å². The van der Waals surface area contributed by atoms with Crippen LogP contribution >= 0.6 is 23.5 Å². The van der Waals surface area contributed by atoms with Gasteiger partial charge in [0.2, 0.25) is 0 Å². The Morgan fingerprint density at radius 1 is 1.45 bits per heavy atom. The topological polar surface area (TPSA) is 43.1 Å². The number of hydrogen-bond donors (Lipinski definition) is 1. The lowest BCUT2D eigenvalue weighted by Crippen LogP contribution is -2.33. The zero-order valence-electron chi connectivity index (χ0n) is 11.4. The van der Waals surface area contributed by atoms with E-state index in [9.17, 15) is 4.79 Å². The number of hydrogen-bond acceptors (Lipinski definition) is 4. The van der Waals surface area contributed by atoms with Gasteiger partial charge < -0.3 is 5.73 Å². The molecule has 0 spiro atoms. The number of carbonyl (C=O) groups excluding carboxylic acids is 1. The van der Waals surface area contributed by atoms with E-state index in [1.54, 1.807) is 23.5 Å². The fraction of sp³-hybridized carbons (Fsp3) is 0.312. The van der Waals surface area contributed by atoms with Gasteiger partial charge in [-0.15, -0.1) is 11.8 Å². The molecule has 1 aliphatic heterocycles. The van der Waals surface area contributed by atoms with Gasteiger partial charge in [0.05, 0.1) is 5.41 Å². The molecule has 1 aromatic rings. The van der Waals surface area contributed by atoms with Crippen LogP contribution in [0.3, 0.4) is 0 Å². The van der Waals surface area contributed by atoms with Crippen LogP contribution in [0.2, 0.25) is 0 Å². The molecule has 1 aromatic carbocycles. The van der Waals surface area contributed by atoms with E-state index >= 15 is 0 Å². The van der Waals surface area contributed by atoms with Crippen LogP contribution in [0.4, 0.5) is 0 Å². The second-order valence-electron chi connectivity index (χ2n) is 5.22. The minimum Gasteiger partial charge on any atom is -0.330 e. The van der Waals surface area contributed by atoms with Gasteiger partial charge in [0.1, 0.15) is 0 Å². The molecule has 20 heavy (non-hydrogen) atoms. The molecule has 0 fully saturated rings. The lowest BCUT2D eigenvalue weighted by atomic mass is 9.76. The van der Waals surface area contributed by atoms with Gasteiger partial charge in [-0.2, -0.15) is 0 Å². The number of nitrogens with two attached hydrogens (primary N) is 1. The monoisotopic (exact) mass is 303 g/mol. The molecule has 104 valence electrons. The summed E-state index contributed by atoms with van der Waals surface area (Å²) in [5.41, 5.74) is 6.04. The minimum atomic E-state index is -0.371. The van der Waals surface area contributed by atoms with Gasteiger partial charge in [0.25, 0.3) is 0 Å². The highest BCUT2D eigenvalue weighted by Crippen LogP contribution is 2.52. The number of benzene rings is 1. The Balaban J connectivity index is 2.00. The Hall–Kier alpha value is -0.970. The predicted molar refractivity (Wildman–Crippen MR) is 86.4 cm³/mol. The van der Waals surface area contributed by atoms with Crippen molar-refractivity contribution in [3.8, 4) is 0 Å². The first kappa shape index (κ1) is 14.0. The van der Waals surface area contributed by atoms with Gasteiger partial charge in [-0.1, -0.05) is 30.0 Å². The average molecular weight is 303 g/mol. The van der Waals surface area contributed by atoms with Crippen LogP contribution in [0.1, 0.15) is 23.7 Å². The van der Waals surface area contributed by atoms with E-state index in [1.165, 1.54) is 4.91 Å². The summed E-state index contributed by atoms with van der Waals surface area (Å²) in [4.78, 5) is 16.2. The van der Waals surface area contributed by atoms with Gasteiger partial charge in [-0.3, -0.25) is 4.79 Å². The third kappa shape index (κ3) is 2.26. The standard InChI is InChI=1S/C16H17NOS2/c1-16-7-3-2-4-14(16)20-13-6-5-11(19-9-8-17)10-12(13)15(16)18/h2-6,10H,7-9,17H2,1H3. The van der Waals surface area contributed by atoms with Crippen molar-refractivity contribution in [3.63, 3.8) is 0 Å². The number of allylic oxidation sites excluding steroid dienone is 4. The number of rotatable bonds is 3. The lowest BCUT2D eigenvalue weighted by Gasteiger charge is -2.36. The first-order chi connectivity index (χ1) is 9.65. The number of fused-ring (bicyclic) bond motifs is 2. The third-order valence-electron chi connectivity index (χ3n) is 3.76. The molecular weight excluding hydrogens is 286 g/mol. The van der Waals surface area contributed by atoms with E-state index < -0.39 is 0 Å². The summed E-state index contributed by atoms with van der Waals surface area (Å²) in [6, 6.07) is 6.18. The number of carbonyl (C=O) groups is 1. The van der Waals surface area contributed by atoms with Crippen molar-refractivity contribution in [3.05, 3.63) is 46.9 Å².